The molecule has 1 N–H and O–H groups in total. The summed E-state index contributed by atoms with van der Waals surface area (Å²) in [5.74, 6) is -3.79. The number of carbonyl (C=O) groups excluding carboxylic acids is 4. The van der Waals surface area contributed by atoms with Crippen molar-refractivity contribution in [3.63, 3.8) is 0 Å². The summed E-state index contributed by atoms with van der Waals surface area (Å²) in [5, 5.41) is 8.98. The van der Waals surface area contributed by atoms with E-state index in [1.54, 1.807) is 0 Å². The number of hydrogen-bond donors (Lipinski definition) is 1. The van der Waals surface area contributed by atoms with E-state index < -0.39 is 35.0 Å². The summed E-state index contributed by atoms with van der Waals surface area (Å²) in [5.41, 5.74) is -1.03. The summed E-state index contributed by atoms with van der Waals surface area (Å²) in [6, 6.07) is 1.29. The average Bonchev–Trinajstić information content (AvgIpc) is 2.70. The number of aliphatic hydroxyl groups is 1. The molecule has 0 saturated carbocycles. The van der Waals surface area contributed by atoms with Crippen molar-refractivity contribution in [1.82, 2.24) is 0 Å². The van der Waals surface area contributed by atoms with E-state index >= 15 is 0 Å². The predicted octanol–water partition coefficient (Wildman–Crippen LogP) is 1.15. The van der Waals surface area contributed by atoms with Gasteiger partial charge in [-0.15, -0.1) is 0 Å². The van der Waals surface area contributed by atoms with Crippen LogP contribution in [0.2, 0.25) is 0 Å². The monoisotopic (exact) mass is 382 g/mol. The number of carbonyl (C=O) groups is 4. The zero-order valence-corrected chi connectivity index (χ0v) is 15.6. The topological polar surface area (TPSA) is 125 Å². The first-order chi connectivity index (χ1) is 12.9. The molecule has 0 aliphatic rings. The van der Waals surface area contributed by atoms with Crippen molar-refractivity contribution < 1.29 is 43.2 Å². The minimum atomic E-state index is -1.01. The Morgan fingerprint density at radius 1 is 0.741 bits per heavy atom. The maximum atomic E-state index is 12.4. The molecule has 27 heavy (non-hydrogen) atoms. The zero-order chi connectivity index (χ0) is 20.6. The van der Waals surface area contributed by atoms with Crippen molar-refractivity contribution in [2.75, 3.05) is 35.0 Å². The largest absolute Gasteiger partial charge is 0.465 e. The fourth-order valence-corrected chi connectivity index (χ4v) is 2.59. The second-order valence-electron chi connectivity index (χ2n) is 5.36. The molecule has 1 rings (SSSR count). The van der Waals surface area contributed by atoms with Gasteiger partial charge in [-0.05, 0) is 30.9 Å². The van der Waals surface area contributed by atoms with Gasteiger partial charge >= 0.3 is 23.9 Å². The minimum Gasteiger partial charge on any atom is -0.465 e. The SMILES string of the molecule is COC(=O)c1cc(CCCCO)c(C(=O)OC)c(C(=O)OC)c1C(=O)OC. The van der Waals surface area contributed by atoms with Gasteiger partial charge in [0.05, 0.1) is 50.7 Å². The smallest absolute Gasteiger partial charge is 0.339 e. The molecule has 0 fully saturated rings. The number of aryl methyl sites for hydroxylation is 1. The number of hydrogen-bond acceptors (Lipinski definition) is 9. The Labute approximate surface area is 156 Å². The van der Waals surface area contributed by atoms with Crippen LogP contribution in [0.4, 0.5) is 0 Å². The van der Waals surface area contributed by atoms with Crippen LogP contribution in [0.3, 0.4) is 0 Å². The fraction of sp³-hybridized carbons (Fsp3) is 0.444. The van der Waals surface area contributed by atoms with E-state index in [2.05, 4.69) is 4.74 Å². The lowest BCUT2D eigenvalue weighted by atomic mass is 9.89. The normalized spacial score (nSPS) is 10.1. The van der Waals surface area contributed by atoms with Crippen molar-refractivity contribution >= 4 is 23.9 Å². The predicted molar refractivity (Wildman–Crippen MR) is 91.8 cm³/mol. The third kappa shape index (κ3) is 4.82. The molecule has 0 aliphatic carbocycles. The number of ether oxygens (including phenoxy) is 4. The van der Waals surface area contributed by atoms with Crippen LogP contribution in [0, 0.1) is 0 Å². The van der Waals surface area contributed by atoms with E-state index in [1.807, 2.05) is 0 Å². The molecule has 0 aliphatic heterocycles. The average molecular weight is 382 g/mol. The minimum absolute atomic E-state index is 0.0679. The molecule has 148 valence electrons. The van der Waals surface area contributed by atoms with E-state index in [0.29, 0.717) is 12.8 Å². The Balaban J connectivity index is 3.93. The summed E-state index contributed by atoms with van der Waals surface area (Å²) in [4.78, 5) is 49.3. The van der Waals surface area contributed by atoms with Gasteiger partial charge in [0.1, 0.15) is 0 Å². The highest BCUT2D eigenvalue weighted by atomic mass is 16.5. The molecule has 1 aromatic carbocycles. The lowest BCUT2D eigenvalue weighted by Crippen LogP contribution is -2.24. The molecule has 0 aromatic heterocycles. The molecule has 0 heterocycles. The molecule has 0 spiro atoms. The van der Waals surface area contributed by atoms with Crippen LogP contribution < -0.4 is 0 Å². The van der Waals surface area contributed by atoms with E-state index in [9.17, 15) is 19.2 Å². The van der Waals surface area contributed by atoms with Gasteiger partial charge in [-0.3, -0.25) is 0 Å². The highest BCUT2D eigenvalue weighted by Crippen LogP contribution is 2.28. The van der Waals surface area contributed by atoms with Gasteiger partial charge in [0, 0.05) is 6.61 Å². The van der Waals surface area contributed by atoms with Crippen molar-refractivity contribution in [2.24, 2.45) is 0 Å². The fourth-order valence-electron chi connectivity index (χ4n) is 2.59. The van der Waals surface area contributed by atoms with Crippen molar-refractivity contribution in [3.8, 4) is 0 Å². The van der Waals surface area contributed by atoms with E-state index in [4.69, 9.17) is 19.3 Å². The quantitative estimate of drug-likeness (QED) is 0.400. The Morgan fingerprint density at radius 2 is 1.22 bits per heavy atom. The van der Waals surface area contributed by atoms with Crippen molar-refractivity contribution in [3.05, 3.63) is 33.9 Å². The van der Waals surface area contributed by atoms with Gasteiger partial charge < -0.3 is 24.1 Å². The van der Waals surface area contributed by atoms with Crippen LogP contribution in [0.5, 0.6) is 0 Å². The number of benzene rings is 1. The molecule has 0 radical (unpaired) electrons. The number of rotatable bonds is 8. The van der Waals surface area contributed by atoms with Gasteiger partial charge in [-0.2, -0.15) is 0 Å². The summed E-state index contributed by atoms with van der Waals surface area (Å²) in [6.45, 7) is -0.0679. The lowest BCUT2D eigenvalue weighted by Gasteiger charge is -2.18. The summed E-state index contributed by atoms with van der Waals surface area (Å²) in [7, 11) is 4.37. The van der Waals surface area contributed by atoms with Crippen LogP contribution in [0.1, 0.15) is 59.8 Å². The maximum Gasteiger partial charge on any atom is 0.339 e. The van der Waals surface area contributed by atoms with E-state index in [0.717, 1.165) is 28.4 Å². The Kier molecular flexibility index (Phi) is 8.40. The van der Waals surface area contributed by atoms with Gasteiger partial charge in [0.25, 0.3) is 0 Å². The molecule has 9 heteroatoms. The zero-order valence-electron chi connectivity index (χ0n) is 15.6. The van der Waals surface area contributed by atoms with Gasteiger partial charge in [0.2, 0.25) is 0 Å². The molecule has 0 saturated heterocycles. The van der Waals surface area contributed by atoms with Gasteiger partial charge in [-0.25, -0.2) is 19.2 Å². The number of methoxy groups -OCH3 is 4. The second kappa shape index (κ2) is 10.3. The van der Waals surface area contributed by atoms with Crippen molar-refractivity contribution in [1.29, 1.82) is 0 Å². The first kappa shape index (κ1) is 22.1. The highest BCUT2D eigenvalue weighted by Gasteiger charge is 2.34. The Bertz CT molecular complexity index is 737. The standard InChI is InChI=1S/C18H22O9/c1-24-15(20)11-9-10(7-5-6-8-19)12(16(21)25-2)14(18(23)27-4)13(11)17(22)26-3/h9,19H,5-8H2,1-4H3. The highest BCUT2D eigenvalue weighted by molar-refractivity contribution is 6.15. The van der Waals surface area contributed by atoms with Gasteiger partial charge in [0.15, 0.2) is 0 Å². The van der Waals surface area contributed by atoms with Crippen LogP contribution in [0.15, 0.2) is 6.07 Å². The van der Waals surface area contributed by atoms with Crippen LogP contribution in [0.25, 0.3) is 0 Å². The molecule has 0 atom stereocenters. The summed E-state index contributed by atoms with van der Waals surface area (Å²) < 4.78 is 18.8. The third-order valence-corrected chi connectivity index (χ3v) is 3.84. The molecular weight excluding hydrogens is 360 g/mol. The molecule has 0 unspecified atom stereocenters. The second-order valence-corrected chi connectivity index (χ2v) is 5.36. The number of unbranched alkanes of at least 4 members (excludes halogenated alkanes) is 1. The van der Waals surface area contributed by atoms with E-state index in [-0.39, 0.29) is 29.7 Å². The van der Waals surface area contributed by atoms with Crippen LogP contribution >= 0.6 is 0 Å². The summed E-state index contributed by atoms with van der Waals surface area (Å²) >= 11 is 0. The van der Waals surface area contributed by atoms with Crippen LogP contribution in [-0.4, -0.2) is 64.0 Å². The summed E-state index contributed by atoms with van der Waals surface area (Å²) in [6.07, 6.45) is 1.13. The van der Waals surface area contributed by atoms with Crippen LogP contribution in [-0.2, 0) is 25.4 Å². The van der Waals surface area contributed by atoms with Crippen molar-refractivity contribution in [2.45, 2.75) is 19.3 Å². The first-order valence-corrected chi connectivity index (χ1v) is 8.01. The Morgan fingerprint density at radius 3 is 1.70 bits per heavy atom. The molecule has 1 aromatic rings. The molecule has 0 amide bonds. The first-order valence-electron chi connectivity index (χ1n) is 8.01. The van der Waals surface area contributed by atoms with E-state index in [1.165, 1.54) is 6.07 Å². The lowest BCUT2D eigenvalue weighted by molar-refractivity contribution is 0.0520. The molecule has 0 bridgehead atoms. The number of esters is 4. The maximum absolute atomic E-state index is 12.4. The third-order valence-electron chi connectivity index (χ3n) is 3.84. The van der Waals surface area contributed by atoms with Gasteiger partial charge in [-0.1, -0.05) is 0 Å². The molecular formula is C18H22O9. The Hall–Kier alpha value is -2.94. The molecule has 9 nitrogen and oxygen atoms in total. The number of aliphatic hydroxyl groups excluding tert-OH is 1.